The third-order valence-corrected chi connectivity index (χ3v) is 5.32. The van der Waals surface area contributed by atoms with Gasteiger partial charge in [-0.25, -0.2) is 14.2 Å². The minimum atomic E-state index is -2.84. The summed E-state index contributed by atoms with van der Waals surface area (Å²) in [5.41, 5.74) is 2.26. The van der Waals surface area contributed by atoms with Gasteiger partial charge in [-0.2, -0.15) is 0 Å². The molecule has 1 aromatic rings. The first-order valence-electron chi connectivity index (χ1n) is 8.40. The van der Waals surface area contributed by atoms with Crippen molar-refractivity contribution in [2.45, 2.75) is 37.1 Å². The van der Waals surface area contributed by atoms with E-state index in [1.165, 1.54) is 30.1 Å². The molecule has 1 heterocycles. The Bertz CT molecular complexity index is 689. The zero-order chi connectivity index (χ0) is 16.9. The Labute approximate surface area is 139 Å². The van der Waals surface area contributed by atoms with E-state index in [1.54, 1.807) is 13.1 Å². The second-order valence-electron chi connectivity index (χ2n) is 7.09. The molecule has 0 aromatic heterocycles. The highest BCUT2D eigenvalue weighted by atomic mass is 19.3. The maximum atomic E-state index is 13.6. The number of hydrogen-bond acceptors (Lipinski definition) is 3. The van der Waals surface area contributed by atoms with Crippen LogP contribution in [0, 0.1) is 11.8 Å². The van der Waals surface area contributed by atoms with Crippen molar-refractivity contribution in [1.82, 2.24) is 10.4 Å². The Morgan fingerprint density at radius 3 is 2.75 bits per heavy atom. The molecule has 1 aromatic carbocycles. The summed E-state index contributed by atoms with van der Waals surface area (Å²) in [5, 5.41) is 4.11. The first kappa shape index (κ1) is 15.6. The van der Waals surface area contributed by atoms with Crippen LogP contribution in [0.5, 0.6) is 0 Å². The fourth-order valence-corrected chi connectivity index (χ4v) is 3.72. The SMILES string of the molecule is CN1C=CC(C(=O)Nc2ccccc2[C@@H]2C[C@H]2C2CC2)(C(F)F)N1. The number of nitrogens with one attached hydrogen (secondary N) is 2. The average molecular weight is 333 g/mol. The van der Waals surface area contributed by atoms with Crippen molar-refractivity contribution in [3.8, 4) is 0 Å². The van der Waals surface area contributed by atoms with Crippen LogP contribution in [-0.4, -0.2) is 29.9 Å². The molecule has 2 saturated carbocycles. The lowest BCUT2D eigenvalue weighted by molar-refractivity contribution is -0.127. The van der Waals surface area contributed by atoms with Gasteiger partial charge >= 0.3 is 0 Å². The van der Waals surface area contributed by atoms with Gasteiger partial charge in [-0.1, -0.05) is 18.2 Å². The highest BCUT2D eigenvalue weighted by Crippen LogP contribution is 2.60. The Hall–Kier alpha value is -1.95. The van der Waals surface area contributed by atoms with E-state index in [4.69, 9.17) is 0 Å². The van der Waals surface area contributed by atoms with Crippen LogP contribution in [0.25, 0.3) is 0 Å². The number of carbonyl (C=O) groups is 1. The Morgan fingerprint density at radius 2 is 2.12 bits per heavy atom. The standard InChI is InChI=1S/C18H21F2N3O/c1-23-9-8-18(22-23,16(19)20)17(24)21-15-5-3-2-4-12(15)14-10-13(14)11-6-7-11/h2-5,8-9,11,13-14,16,22H,6-7,10H2,1H3,(H,21,24)/t13-,14-,18?/m0/s1. The number of benzene rings is 1. The van der Waals surface area contributed by atoms with Gasteiger partial charge in [0.1, 0.15) is 0 Å². The molecule has 4 rings (SSSR count). The van der Waals surface area contributed by atoms with Crippen LogP contribution >= 0.6 is 0 Å². The lowest BCUT2D eigenvalue weighted by atomic mass is 9.99. The van der Waals surface area contributed by atoms with E-state index in [0.29, 0.717) is 17.5 Å². The molecule has 0 spiro atoms. The van der Waals surface area contributed by atoms with Gasteiger partial charge < -0.3 is 10.3 Å². The van der Waals surface area contributed by atoms with Crippen LogP contribution in [-0.2, 0) is 4.79 Å². The normalized spacial score (nSPS) is 31.6. The summed E-state index contributed by atoms with van der Waals surface area (Å²) in [6.07, 6.45) is 3.56. The van der Waals surface area contributed by atoms with Crippen molar-refractivity contribution in [3.05, 3.63) is 42.1 Å². The first-order chi connectivity index (χ1) is 11.5. The fourth-order valence-electron chi connectivity index (χ4n) is 3.72. The third kappa shape index (κ3) is 2.59. The number of hydrogen-bond donors (Lipinski definition) is 2. The van der Waals surface area contributed by atoms with E-state index in [0.717, 1.165) is 17.9 Å². The Balaban J connectivity index is 1.55. The van der Waals surface area contributed by atoms with Crippen LogP contribution in [0.1, 0.15) is 30.7 Å². The number of amides is 1. The molecular formula is C18H21F2N3O. The summed E-state index contributed by atoms with van der Waals surface area (Å²) in [6.45, 7) is 0. The predicted molar refractivity (Wildman–Crippen MR) is 87.4 cm³/mol. The van der Waals surface area contributed by atoms with Crippen LogP contribution in [0.3, 0.4) is 0 Å². The number of nitrogens with zero attached hydrogens (tertiary/aromatic N) is 1. The van der Waals surface area contributed by atoms with E-state index >= 15 is 0 Å². The van der Waals surface area contributed by atoms with E-state index in [9.17, 15) is 13.6 Å². The van der Waals surface area contributed by atoms with Gasteiger partial charge in [0.2, 0.25) is 0 Å². The number of alkyl halides is 2. The Kier molecular flexibility index (Phi) is 3.60. The predicted octanol–water partition coefficient (Wildman–Crippen LogP) is 3.11. The maximum Gasteiger partial charge on any atom is 0.270 e. The first-order valence-corrected chi connectivity index (χ1v) is 8.40. The second-order valence-corrected chi connectivity index (χ2v) is 7.09. The minimum Gasteiger partial charge on any atom is -0.324 e. The quantitative estimate of drug-likeness (QED) is 0.870. The summed E-state index contributed by atoms with van der Waals surface area (Å²) >= 11 is 0. The average Bonchev–Trinajstić information content (AvgIpc) is 3.44. The van der Waals surface area contributed by atoms with Gasteiger partial charge in [0.15, 0.2) is 5.54 Å². The van der Waals surface area contributed by atoms with Gasteiger partial charge in [0.25, 0.3) is 12.3 Å². The second kappa shape index (κ2) is 5.55. The number of anilines is 1. The smallest absolute Gasteiger partial charge is 0.270 e. The number of rotatable bonds is 5. The van der Waals surface area contributed by atoms with Crippen LogP contribution < -0.4 is 10.7 Å². The van der Waals surface area contributed by atoms with Gasteiger partial charge in [-0.3, -0.25) is 4.79 Å². The largest absolute Gasteiger partial charge is 0.324 e. The molecule has 3 atom stereocenters. The van der Waals surface area contributed by atoms with Crippen molar-refractivity contribution in [3.63, 3.8) is 0 Å². The zero-order valence-corrected chi connectivity index (χ0v) is 13.5. The molecule has 0 radical (unpaired) electrons. The van der Waals surface area contributed by atoms with Gasteiger partial charge in [-0.05, 0) is 54.7 Å². The summed E-state index contributed by atoms with van der Waals surface area (Å²) in [4.78, 5) is 12.6. The molecule has 1 unspecified atom stereocenters. The molecule has 1 amide bonds. The molecule has 2 aliphatic carbocycles. The number of carbonyl (C=O) groups excluding carboxylic acids is 1. The minimum absolute atomic E-state index is 0.450. The molecule has 0 bridgehead atoms. The monoisotopic (exact) mass is 333 g/mol. The van der Waals surface area contributed by atoms with E-state index in [1.807, 2.05) is 18.2 Å². The summed E-state index contributed by atoms with van der Waals surface area (Å²) in [7, 11) is 1.59. The van der Waals surface area contributed by atoms with Gasteiger partial charge in [0.05, 0.1) is 0 Å². The fraction of sp³-hybridized carbons (Fsp3) is 0.500. The van der Waals surface area contributed by atoms with Gasteiger partial charge in [-0.15, -0.1) is 0 Å². The van der Waals surface area contributed by atoms with Crippen LogP contribution in [0.4, 0.5) is 14.5 Å². The molecule has 0 saturated heterocycles. The number of hydrazine groups is 1. The lowest BCUT2D eigenvalue weighted by Gasteiger charge is -2.28. The van der Waals surface area contributed by atoms with Gasteiger partial charge in [0, 0.05) is 18.9 Å². The van der Waals surface area contributed by atoms with Crippen molar-refractivity contribution in [1.29, 1.82) is 0 Å². The summed E-state index contributed by atoms with van der Waals surface area (Å²) in [6, 6.07) is 7.57. The van der Waals surface area contributed by atoms with Crippen molar-refractivity contribution in [2.24, 2.45) is 11.8 Å². The summed E-state index contributed by atoms with van der Waals surface area (Å²) in [5.74, 6) is 1.24. The lowest BCUT2D eigenvalue weighted by Crippen LogP contribution is -2.58. The van der Waals surface area contributed by atoms with Crippen molar-refractivity contribution in [2.75, 3.05) is 12.4 Å². The molecule has 2 N–H and O–H groups in total. The molecular weight excluding hydrogens is 312 g/mol. The van der Waals surface area contributed by atoms with Crippen LogP contribution in [0.2, 0.25) is 0 Å². The number of para-hydroxylation sites is 1. The van der Waals surface area contributed by atoms with Crippen molar-refractivity contribution < 1.29 is 13.6 Å². The van der Waals surface area contributed by atoms with E-state index in [-0.39, 0.29) is 0 Å². The summed E-state index contributed by atoms with van der Waals surface area (Å²) < 4.78 is 27.1. The molecule has 2 fully saturated rings. The topological polar surface area (TPSA) is 44.4 Å². The van der Waals surface area contributed by atoms with Crippen molar-refractivity contribution >= 4 is 11.6 Å². The van der Waals surface area contributed by atoms with E-state index in [2.05, 4.69) is 10.7 Å². The van der Waals surface area contributed by atoms with Crippen LogP contribution in [0.15, 0.2) is 36.5 Å². The molecule has 6 heteroatoms. The maximum absolute atomic E-state index is 13.6. The molecule has 4 nitrogen and oxygen atoms in total. The molecule has 3 aliphatic rings. The van der Waals surface area contributed by atoms with E-state index < -0.39 is 17.9 Å². The number of halogens is 2. The Morgan fingerprint density at radius 1 is 1.38 bits per heavy atom. The molecule has 128 valence electrons. The molecule has 1 aliphatic heterocycles. The molecule has 24 heavy (non-hydrogen) atoms. The third-order valence-electron chi connectivity index (χ3n) is 5.32. The zero-order valence-electron chi connectivity index (χ0n) is 13.5. The highest BCUT2D eigenvalue weighted by Gasteiger charge is 2.50. The highest BCUT2D eigenvalue weighted by molar-refractivity contribution is 6.01.